The lowest BCUT2D eigenvalue weighted by atomic mass is 10.0. The number of hydrogen-bond acceptors (Lipinski definition) is 1. The molecule has 1 nitrogen and oxygen atoms in total. The van der Waals surface area contributed by atoms with E-state index in [4.69, 9.17) is 11.6 Å². The van der Waals surface area contributed by atoms with Crippen molar-refractivity contribution in [1.82, 2.24) is 0 Å². The van der Waals surface area contributed by atoms with E-state index in [9.17, 15) is 4.79 Å². The van der Waals surface area contributed by atoms with Crippen LogP contribution >= 0.6 is 11.6 Å². The van der Waals surface area contributed by atoms with E-state index in [1.807, 2.05) is 44.2 Å². The van der Waals surface area contributed by atoms with E-state index in [0.29, 0.717) is 5.02 Å². The van der Waals surface area contributed by atoms with Gasteiger partial charge in [-0.05, 0) is 43.2 Å². The van der Waals surface area contributed by atoms with E-state index < -0.39 is 0 Å². The van der Waals surface area contributed by atoms with Crippen LogP contribution in [0.1, 0.15) is 27.0 Å². The molecule has 17 heavy (non-hydrogen) atoms. The maximum Gasteiger partial charge on any atom is 0.194 e. The summed E-state index contributed by atoms with van der Waals surface area (Å²) in [6.45, 7) is 3.94. The summed E-state index contributed by atoms with van der Waals surface area (Å²) in [7, 11) is 0. The van der Waals surface area contributed by atoms with Crippen molar-refractivity contribution in [2.75, 3.05) is 0 Å². The summed E-state index contributed by atoms with van der Waals surface area (Å²) in [4.78, 5) is 12.3. The highest BCUT2D eigenvalue weighted by molar-refractivity contribution is 6.37. The topological polar surface area (TPSA) is 17.1 Å². The third-order valence-corrected chi connectivity index (χ3v) is 3.47. The van der Waals surface area contributed by atoms with Gasteiger partial charge in [0.25, 0.3) is 0 Å². The van der Waals surface area contributed by atoms with Crippen molar-refractivity contribution in [3.05, 3.63) is 57.6 Å². The Balaban J connectivity index is 2.39. The zero-order valence-electron chi connectivity index (χ0n) is 9.67. The summed E-state index contributed by atoms with van der Waals surface area (Å²) in [6, 6.07) is 9.75. The molecule has 0 atom stereocenters. The van der Waals surface area contributed by atoms with E-state index in [1.54, 1.807) is 0 Å². The Morgan fingerprint density at radius 3 is 2.35 bits per heavy atom. The number of ketones is 1. The molecule has 0 heterocycles. The fraction of sp³-hybridized carbons (Fsp3) is 0.133. The summed E-state index contributed by atoms with van der Waals surface area (Å²) in [5, 5.41) is 0.663. The van der Waals surface area contributed by atoms with Crippen LogP contribution < -0.4 is 0 Å². The lowest BCUT2D eigenvalue weighted by molar-refractivity contribution is 0.104. The molecule has 1 aliphatic carbocycles. The first-order chi connectivity index (χ1) is 8.08. The van der Waals surface area contributed by atoms with Gasteiger partial charge in [-0.1, -0.05) is 29.3 Å². The average Bonchev–Trinajstić information content (AvgIpc) is 2.53. The second-order valence-corrected chi connectivity index (χ2v) is 4.95. The predicted molar refractivity (Wildman–Crippen MR) is 69.8 cm³/mol. The zero-order valence-corrected chi connectivity index (χ0v) is 10.4. The quantitative estimate of drug-likeness (QED) is 0.578. The molecule has 2 heteroatoms. The van der Waals surface area contributed by atoms with Crippen molar-refractivity contribution in [1.29, 1.82) is 0 Å². The lowest BCUT2D eigenvalue weighted by Gasteiger charge is -2.04. The maximum absolute atomic E-state index is 12.3. The lowest BCUT2D eigenvalue weighted by Crippen LogP contribution is -1.95. The smallest absolute Gasteiger partial charge is 0.194 e. The van der Waals surface area contributed by atoms with E-state index in [-0.39, 0.29) is 5.78 Å². The Morgan fingerprint density at radius 1 is 0.882 bits per heavy atom. The van der Waals surface area contributed by atoms with Crippen LogP contribution in [0.3, 0.4) is 0 Å². The van der Waals surface area contributed by atoms with Gasteiger partial charge in [0.1, 0.15) is 0 Å². The monoisotopic (exact) mass is 242 g/mol. The highest BCUT2D eigenvalue weighted by atomic mass is 35.5. The van der Waals surface area contributed by atoms with Gasteiger partial charge in [-0.2, -0.15) is 0 Å². The minimum Gasteiger partial charge on any atom is -0.289 e. The molecule has 0 amide bonds. The first kappa shape index (κ1) is 10.5. The normalized spacial score (nSPS) is 12.5. The molecule has 0 aromatic heterocycles. The fourth-order valence-electron chi connectivity index (χ4n) is 2.40. The van der Waals surface area contributed by atoms with Gasteiger partial charge >= 0.3 is 0 Å². The summed E-state index contributed by atoms with van der Waals surface area (Å²) < 4.78 is 0. The Bertz CT molecular complexity index is 656. The third kappa shape index (κ3) is 1.43. The van der Waals surface area contributed by atoms with Crippen LogP contribution in [-0.4, -0.2) is 5.78 Å². The molecular formula is C15H11ClO. The fourth-order valence-corrected chi connectivity index (χ4v) is 2.78. The molecule has 0 bridgehead atoms. The molecule has 84 valence electrons. The molecule has 3 rings (SSSR count). The minimum atomic E-state index is 0.0873. The van der Waals surface area contributed by atoms with Crippen molar-refractivity contribution >= 4 is 17.4 Å². The molecule has 2 aromatic rings. The molecular weight excluding hydrogens is 232 g/mol. The second kappa shape index (κ2) is 3.44. The van der Waals surface area contributed by atoms with Gasteiger partial charge in [0.15, 0.2) is 5.78 Å². The largest absolute Gasteiger partial charge is 0.289 e. The number of benzene rings is 2. The van der Waals surface area contributed by atoms with Crippen molar-refractivity contribution < 1.29 is 4.79 Å². The van der Waals surface area contributed by atoms with E-state index in [1.165, 1.54) is 0 Å². The first-order valence-electron chi connectivity index (χ1n) is 5.54. The number of hydrogen-bond donors (Lipinski definition) is 0. The molecule has 0 fully saturated rings. The van der Waals surface area contributed by atoms with Gasteiger partial charge in [-0.15, -0.1) is 0 Å². The Kier molecular flexibility index (Phi) is 2.14. The second-order valence-electron chi connectivity index (χ2n) is 4.55. The van der Waals surface area contributed by atoms with Crippen LogP contribution in [-0.2, 0) is 0 Å². The molecule has 0 unspecified atom stereocenters. The molecule has 0 aliphatic heterocycles. The number of rotatable bonds is 0. The van der Waals surface area contributed by atoms with E-state index in [0.717, 1.165) is 33.4 Å². The molecule has 0 radical (unpaired) electrons. The van der Waals surface area contributed by atoms with Crippen molar-refractivity contribution in [2.24, 2.45) is 0 Å². The third-order valence-electron chi connectivity index (χ3n) is 3.17. The average molecular weight is 243 g/mol. The summed E-state index contributed by atoms with van der Waals surface area (Å²) in [5.74, 6) is 0.0873. The molecule has 0 saturated heterocycles. The van der Waals surface area contributed by atoms with Crippen LogP contribution in [0.4, 0.5) is 0 Å². The van der Waals surface area contributed by atoms with Crippen LogP contribution in [0, 0.1) is 13.8 Å². The number of carbonyl (C=O) groups excluding carboxylic acids is 1. The molecule has 1 aliphatic rings. The van der Waals surface area contributed by atoms with Crippen LogP contribution in [0.2, 0.25) is 5.02 Å². The Labute approximate surface area is 105 Å². The molecule has 2 aromatic carbocycles. The van der Waals surface area contributed by atoms with Gasteiger partial charge in [0.05, 0.1) is 0 Å². The predicted octanol–water partition coefficient (Wildman–Crippen LogP) is 4.17. The maximum atomic E-state index is 12.3. The number of fused-ring (bicyclic) bond motifs is 3. The van der Waals surface area contributed by atoms with Gasteiger partial charge in [0, 0.05) is 21.7 Å². The summed E-state index contributed by atoms with van der Waals surface area (Å²) >= 11 is 6.26. The van der Waals surface area contributed by atoms with Crippen molar-refractivity contribution in [3.63, 3.8) is 0 Å². The Morgan fingerprint density at radius 2 is 1.59 bits per heavy atom. The van der Waals surface area contributed by atoms with E-state index in [2.05, 4.69) is 0 Å². The highest BCUT2D eigenvalue weighted by Gasteiger charge is 2.28. The summed E-state index contributed by atoms with van der Waals surface area (Å²) in [5.41, 5.74) is 5.46. The van der Waals surface area contributed by atoms with Crippen LogP contribution in [0.25, 0.3) is 11.1 Å². The molecule has 0 N–H and O–H groups in total. The number of carbonyl (C=O) groups is 1. The SMILES string of the molecule is Cc1ccc2c(c1)C(=O)c1cc(C)cc(Cl)c1-2. The van der Waals surface area contributed by atoms with Crippen molar-refractivity contribution in [2.45, 2.75) is 13.8 Å². The number of aryl methyl sites for hydroxylation is 2. The van der Waals surface area contributed by atoms with Gasteiger partial charge in [0.2, 0.25) is 0 Å². The van der Waals surface area contributed by atoms with Crippen molar-refractivity contribution in [3.8, 4) is 11.1 Å². The number of halogens is 1. The highest BCUT2D eigenvalue weighted by Crippen LogP contribution is 2.41. The van der Waals surface area contributed by atoms with Gasteiger partial charge < -0.3 is 0 Å². The first-order valence-corrected chi connectivity index (χ1v) is 5.91. The molecule has 0 saturated carbocycles. The van der Waals surface area contributed by atoms with Gasteiger partial charge in [-0.25, -0.2) is 0 Å². The van der Waals surface area contributed by atoms with Gasteiger partial charge in [-0.3, -0.25) is 4.79 Å². The summed E-state index contributed by atoms with van der Waals surface area (Å²) in [6.07, 6.45) is 0. The molecule has 0 spiro atoms. The zero-order chi connectivity index (χ0) is 12.2. The van der Waals surface area contributed by atoms with E-state index >= 15 is 0 Å². The Hall–Kier alpha value is -1.60. The van der Waals surface area contributed by atoms with Crippen LogP contribution in [0.15, 0.2) is 30.3 Å². The van der Waals surface area contributed by atoms with Crippen LogP contribution in [0.5, 0.6) is 0 Å². The standard InChI is InChI=1S/C15H11ClO/c1-8-3-4-10-11(5-8)15(17)12-6-9(2)7-13(16)14(10)12/h3-7H,1-2H3. The minimum absolute atomic E-state index is 0.0873.